The highest BCUT2D eigenvalue weighted by Gasteiger charge is 2.42. The Balaban J connectivity index is 1.73. The molecule has 0 aliphatic carbocycles. The summed E-state index contributed by atoms with van der Waals surface area (Å²) in [6.45, 7) is 0. The van der Waals surface area contributed by atoms with E-state index in [1.807, 2.05) is 36.4 Å². The highest BCUT2D eigenvalue weighted by molar-refractivity contribution is 7.89. The van der Waals surface area contributed by atoms with Crippen molar-refractivity contribution in [1.82, 2.24) is 9.56 Å². The first-order valence-corrected chi connectivity index (χ1v) is 11.3. The fourth-order valence-corrected chi connectivity index (χ4v) is 7.43. The molecule has 2 nitrogen and oxygen atoms in total. The van der Waals surface area contributed by atoms with Crippen LogP contribution >= 0.6 is 37.3 Å². The van der Waals surface area contributed by atoms with E-state index in [9.17, 15) is 0 Å². The third kappa shape index (κ3) is 2.36. The average Bonchev–Trinajstić information content (AvgIpc) is 3.09. The predicted molar refractivity (Wildman–Crippen MR) is 98.1 cm³/mol. The van der Waals surface area contributed by atoms with Crippen molar-refractivity contribution in [2.45, 2.75) is 0 Å². The van der Waals surface area contributed by atoms with E-state index >= 15 is 0 Å². The fraction of sp³-hybridized carbons (Fsp3) is 0. The molecule has 0 fully saturated rings. The molecule has 0 amide bonds. The molecular weight excluding hydrogens is 353 g/mol. The number of hydrogen-bond acceptors (Lipinski definition) is 2. The van der Waals surface area contributed by atoms with Crippen LogP contribution in [0.3, 0.4) is 0 Å². The first-order valence-electron chi connectivity index (χ1n) is 6.80. The molecule has 2 aliphatic rings. The highest BCUT2D eigenvalue weighted by atomic mass is 35.7. The van der Waals surface area contributed by atoms with Gasteiger partial charge in [-0.05, 0) is 0 Å². The lowest BCUT2D eigenvalue weighted by molar-refractivity contribution is 0.398. The maximum atomic E-state index is 6.65. The van der Waals surface area contributed by atoms with E-state index < -0.39 is 14.9 Å². The lowest BCUT2D eigenvalue weighted by Gasteiger charge is -2.31. The summed E-state index contributed by atoms with van der Waals surface area (Å²) in [6, 6.07) is 20.5. The van der Waals surface area contributed by atoms with Crippen molar-refractivity contribution >= 4 is 48.7 Å². The van der Waals surface area contributed by atoms with Crippen molar-refractivity contribution in [3.63, 3.8) is 0 Å². The van der Waals surface area contributed by atoms with Crippen LogP contribution in [0.2, 0.25) is 0 Å². The second-order valence-electron chi connectivity index (χ2n) is 4.92. The zero-order chi connectivity index (χ0) is 15.1. The maximum Gasteiger partial charge on any atom is 0.137 e. The molecule has 0 aromatic heterocycles. The minimum absolute atomic E-state index is 0.925. The Hall–Kier alpha value is -1.04. The molecule has 4 rings (SSSR count). The van der Waals surface area contributed by atoms with Gasteiger partial charge in [0.15, 0.2) is 0 Å². The van der Waals surface area contributed by atoms with Gasteiger partial charge in [-0.1, -0.05) is 83.1 Å². The van der Waals surface area contributed by atoms with Crippen LogP contribution in [0.5, 0.6) is 0 Å². The molecule has 0 saturated carbocycles. The minimum atomic E-state index is -0.925. The molecule has 0 radical (unpaired) electrons. The first-order chi connectivity index (χ1) is 10.8. The van der Waals surface area contributed by atoms with Crippen LogP contribution < -0.4 is 0 Å². The van der Waals surface area contributed by atoms with Crippen molar-refractivity contribution in [2.75, 3.05) is 0 Å². The molecular formula is C16H12Cl2N2P2. The summed E-state index contributed by atoms with van der Waals surface area (Å²) in [5.41, 5.74) is 4.50. The van der Waals surface area contributed by atoms with E-state index in [1.54, 1.807) is 0 Å². The van der Waals surface area contributed by atoms with Gasteiger partial charge in [0.05, 0.1) is 11.4 Å². The standard InChI is InChI=1S/C16H12Cl2N2P2/c17-21-11-15(13-7-3-1-4-8-13)19-20(21)16(12-22(19)18)14-9-5-2-6-10-14/h1-12H. The average molecular weight is 365 g/mol. The third-order valence-corrected chi connectivity index (χ3v) is 7.58. The Morgan fingerprint density at radius 2 is 0.955 bits per heavy atom. The number of nitrogens with zero attached hydrogens (tertiary/aromatic N) is 2. The lowest BCUT2D eigenvalue weighted by Crippen LogP contribution is -2.21. The predicted octanol–water partition coefficient (Wildman–Crippen LogP) is 6.63. The van der Waals surface area contributed by atoms with Crippen molar-refractivity contribution in [2.24, 2.45) is 0 Å². The van der Waals surface area contributed by atoms with E-state index in [-0.39, 0.29) is 0 Å². The summed E-state index contributed by atoms with van der Waals surface area (Å²) in [5.74, 6) is 4.25. The maximum absolute atomic E-state index is 6.65. The van der Waals surface area contributed by atoms with Gasteiger partial charge in [-0.15, -0.1) is 0 Å². The molecule has 110 valence electrons. The van der Waals surface area contributed by atoms with Crippen molar-refractivity contribution in [3.8, 4) is 0 Å². The van der Waals surface area contributed by atoms with Gasteiger partial charge < -0.3 is 0 Å². The summed E-state index contributed by atoms with van der Waals surface area (Å²) < 4.78 is 4.29. The molecule has 0 spiro atoms. The van der Waals surface area contributed by atoms with Gasteiger partial charge in [-0.25, -0.2) is 9.56 Å². The van der Waals surface area contributed by atoms with E-state index in [0.717, 1.165) is 22.5 Å². The van der Waals surface area contributed by atoms with Gasteiger partial charge in [-0.3, -0.25) is 0 Å². The number of rotatable bonds is 2. The fourth-order valence-electron chi connectivity index (χ4n) is 2.58. The normalized spacial score (nSPS) is 23.4. The van der Waals surface area contributed by atoms with Crippen molar-refractivity contribution in [3.05, 3.63) is 83.4 Å². The zero-order valence-corrected chi connectivity index (χ0v) is 14.8. The monoisotopic (exact) mass is 364 g/mol. The zero-order valence-electron chi connectivity index (χ0n) is 11.5. The third-order valence-electron chi connectivity index (χ3n) is 3.57. The van der Waals surface area contributed by atoms with Crippen LogP contribution in [-0.4, -0.2) is 9.56 Å². The quantitative estimate of drug-likeness (QED) is 0.551. The lowest BCUT2D eigenvalue weighted by atomic mass is 10.2. The topological polar surface area (TPSA) is 6.48 Å². The number of hydrazine groups is 1. The molecule has 2 aromatic carbocycles. The van der Waals surface area contributed by atoms with Gasteiger partial charge in [-0.2, -0.15) is 0 Å². The van der Waals surface area contributed by atoms with Gasteiger partial charge in [0.1, 0.15) is 14.9 Å². The smallest absolute Gasteiger partial charge is 0.137 e. The molecule has 2 atom stereocenters. The largest absolute Gasteiger partial charge is 0.240 e. The Labute approximate surface area is 141 Å². The number of fused-ring (bicyclic) bond motifs is 1. The van der Waals surface area contributed by atoms with Gasteiger partial charge in [0.2, 0.25) is 0 Å². The number of hydrogen-bond donors (Lipinski definition) is 0. The van der Waals surface area contributed by atoms with Gasteiger partial charge in [0.25, 0.3) is 0 Å². The molecule has 2 aliphatic heterocycles. The molecule has 2 heterocycles. The minimum Gasteiger partial charge on any atom is -0.240 e. The summed E-state index contributed by atoms with van der Waals surface area (Å²) in [5, 5.41) is 0. The molecule has 2 aromatic rings. The summed E-state index contributed by atoms with van der Waals surface area (Å²) in [4.78, 5) is 0. The second kappa shape index (κ2) is 5.87. The summed E-state index contributed by atoms with van der Waals surface area (Å²) in [6.07, 6.45) is 0. The van der Waals surface area contributed by atoms with Gasteiger partial charge >= 0.3 is 0 Å². The Morgan fingerprint density at radius 3 is 1.32 bits per heavy atom. The summed E-state index contributed by atoms with van der Waals surface area (Å²) in [7, 11) is -1.85. The van der Waals surface area contributed by atoms with Crippen LogP contribution in [-0.2, 0) is 0 Å². The van der Waals surface area contributed by atoms with Crippen LogP contribution in [0.25, 0.3) is 11.4 Å². The highest BCUT2D eigenvalue weighted by Crippen LogP contribution is 2.72. The van der Waals surface area contributed by atoms with E-state index in [1.165, 1.54) is 0 Å². The van der Waals surface area contributed by atoms with Crippen LogP contribution in [0, 0.1) is 0 Å². The SMILES string of the molecule is ClP1C=C(c2ccccc2)N2N1C(c1ccccc1)=CP2Cl. The van der Waals surface area contributed by atoms with E-state index in [0.29, 0.717) is 0 Å². The van der Waals surface area contributed by atoms with Crippen LogP contribution in [0.1, 0.15) is 11.1 Å². The Kier molecular flexibility index (Phi) is 3.88. The number of halogens is 2. The second-order valence-corrected chi connectivity index (χ2v) is 9.42. The van der Waals surface area contributed by atoms with E-state index in [4.69, 9.17) is 22.5 Å². The molecule has 2 unspecified atom stereocenters. The molecule has 22 heavy (non-hydrogen) atoms. The molecule has 0 bridgehead atoms. The van der Waals surface area contributed by atoms with Crippen LogP contribution in [0.15, 0.2) is 72.3 Å². The summed E-state index contributed by atoms with van der Waals surface area (Å²) >= 11 is 13.3. The molecule has 6 heteroatoms. The first kappa shape index (κ1) is 14.5. The van der Waals surface area contributed by atoms with Crippen molar-refractivity contribution < 1.29 is 0 Å². The molecule has 0 saturated heterocycles. The Bertz CT molecular complexity index is 684. The molecule has 0 N–H and O–H groups in total. The van der Waals surface area contributed by atoms with Gasteiger partial charge in [0, 0.05) is 22.8 Å². The Morgan fingerprint density at radius 1 is 0.591 bits per heavy atom. The van der Waals surface area contributed by atoms with Crippen LogP contribution in [0.4, 0.5) is 0 Å². The van der Waals surface area contributed by atoms with E-state index in [2.05, 4.69) is 45.5 Å². The van der Waals surface area contributed by atoms with Crippen molar-refractivity contribution in [1.29, 1.82) is 0 Å². The number of benzene rings is 2.